The fraction of sp³-hybridized carbons (Fsp3) is 0.0500. The third-order valence-corrected chi connectivity index (χ3v) is 4.07. The van der Waals surface area contributed by atoms with Gasteiger partial charge in [-0.15, -0.1) is 5.10 Å². The lowest BCUT2D eigenvalue weighted by atomic mass is 9.99. The van der Waals surface area contributed by atoms with Crippen molar-refractivity contribution in [3.05, 3.63) is 72.4 Å². The minimum absolute atomic E-state index is 0.811. The van der Waals surface area contributed by atoms with Crippen molar-refractivity contribution in [3.63, 3.8) is 0 Å². The number of aromatic nitrogens is 3. The number of benzene rings is 3. The van der Waals surface area contributed by atoms with E-state index in [1.807, 2.05) is 0 Å². The second kappa shape index (κ2) is 6.08. The van der Waals surface area contributed by atoms with E-state index in [1.165, 1.54) is 21.9 Å². The van der Waals surface area contributed by atoms with Gasteiger partial charge in [-0.2, -0.15) is 0 Å². The van der Waals surface area contributed by atoms with Crippen LogP contribution in [0.25, 0.3) is 33.2 Å². The minimum Gasteiger partial charge on any atom is -0.294 e. The maximum absolute atomic E-state index is 4.15. The monoisotopic (exact) mass is 312 g/mol. The summed E-state index contributed by atoms with van der Waals surface area (Å²) in [5, 5.41) is 13.4. The van der Waals surface area contributed by atoms with Crippen LogP contribution in [-0.2, 0) is 0 Å². The Hall–Kier alpha value is -3.27. The van der Waals surface area contributed by atoms with E-state index >= 15 is 0 Å². The second-order valence-electron chi connectivity index (χ2n) is 5.60. The number of hydrogen-bond acceptors (Lipinski definition) is 3. The van der Waals surface area contributed by atoms with Gasteiger partial charge in [0.15, 0.2) is 0 Å². The first kappa shape index (κ1) is 14.3. The lowest BCUT2D eigenvalue weighted by molar-refractivity contribution is 0.940. The molecule has 0 amide bonds. The Labute approximate surface area is 139 Å². The van der Waals surface area contributed by atoms with Crippen LogP contribution in [0.3, 0.4) is 0 Å². The highest BCUT2D eigenvalue weighted by atomic mass is 15.3. The second-order valence-corrected chi connectivity index (χ2v) is 5.60. The lowest BCUT2D eigenvalue weighted by Gasteiger charge is -2.05. The molecule has 0 radical (unpaired) electrons. The molecule has 0 atom stereocenters. The van der Waals surface area contributed by atoms with E-state index in [-0.39, 0.29) is 0 Å². The van der Waals surface area contributed by atoms with Gasteiger partial charge in [0.25, 0.3) is 0 Å². The zero-order chi connectivity index (χ0) is 16.4. The molecule has 4 aromatic rings. The van der Waals surface area contributed by atoms with Crippen LogP contribution in [0.4, 0.5) is 0 Å². The van der Waals surface area contributed by atoms with Gasteiger partial charge in [0, 0.05) is 18.8 Å². The topological polar surface area (TPSA) is 53.9 Å². The Bertz CT molecular complexity index is 1010. The fourth-order valence-electron chi connectivity index (χ4n) is 2.86. The van der Waals surface area contributed by atoms with Crippen LogP contribution in [0.2, 0.25) is 0 Å². The summed E-state index contributed by atoms with van der Waals surface area (Å²) in [6, 6.07) is 23.3. The van der Waals surface area contributed by atoms with Crippen LogP contribution in [0.5, 0.6) is 0 Å². The quantitative estimate of drug-likeness (QED) is 0.572. The summed E-state index contributed by atoms with van der Waals surface area (Å²) >= 11 is 0. The molecule has 0 aliphatic rings. The standard InChI is InChI=1S/C20H16N4/c1-21-13-19-20(23-24-22-19)16-9-6-15(7-10-16)18-11-8-14-4-2-3-5-17(14)12-18/h2-13H,1H3,(H,22,23,24)/b21-13+. The van der Waals surface area contributed by atoms with E-state index in [0.717, 1.165) is 17.0 Å². The van der Waals surface area contributed by atoms with E-state index < -0.39 is 0 Å². The van der Waals surface area contributed by atoms with Gasteiger partial charge in [-0.25, -0.2) is 0 Å². The van der Waals surface area contributed by atoms with Gasteiger partial charge in [0.05, 0.1) is 0 Å². The third-order valence-electron chi connectivity index (χ3n) is 4.07. The predicted octanol–water partition coefficient (Wildman–Crippen LogP) is 4.34. The molecule has 0 spiro atoms. The molecule has 0 bridgehead atoms. The average Bonchev–Trinajstić information content (AvgIpc) is 3.10. The van der Waals surface area contributed by atoms with Gasteiger partial charge in [-0.05, 0) is 28.0 Å². The van der Waals surface area contributed by atoms with Gasteiger partial charge in [0.2, 0.25) is 0 Å². The first-order valence-corrected chi connectivity index (χ1v) is 7.78. The summed E-state index contributed by atoms with van der Waals surface area (Å²) in [7, 11) is 1.73. The molecule has 116 valence electrons. The molecule has 4 heteroatoms. The lowest BCUT2D eigenvalue weighted by Crippen LogP contribution is -1.87. The largest absolute Gasteiger partial charge is 0.294 e. The summed E-state index contributed by atoms with van der Waals surface area (Å²) in [5.74, 6) is 0. The Morgan fingerprint density at radius 3 is 2.33 bits per heavy atom. The molecule has 0 unspecified atom stereocenters. The number of aromatic amines is 1. The molecule has 1 aromatic heterocycles. The van der Waals surface area contributed by atoms with Gasteiger partial charge >= 0.3 is 0 Å². The van der Waals surface area contributed by atoms with Gasteiger partial charge in [0.1, 0.15) is 11.4 Å². The number of nitrogens with one attached hydrogen (secondary N) is 1. The molecule has 4 nitrogen and oxygen atoms in total. The number of H-pyrrole nitrogens is 1. The summed E-state index contributed by atoms with van der Waals surface area (Å²) in [4.78, 5) is 4.02. The minimum atomic E-state index is 0.811. The van der Waals surface area contributed by atoms with Crippen LogP contribution < -0.4 is 0 Å². The Morgan fingerprint density at radius 2 is 1.54 bits per heavy atom. The summed E-state index contributed by atoms with van der Waals surface area (Å²) in [5.41, 5.74) is 5.03. The number of fused-ring (bicyclic) bond motifs is 1. The summed E-state index contributed by atoms with van der Waals surface area (Å²) in [6.45, 7) is 0. The van der Waals surface area contributed by atoms with Crippen molar-refractivity contribution >= 4 is 17.0 Å². The average molecular weight is 312 g/mol. The zero-order valence-electron chi connectivity index (χ0n) is 13.3. The molecule has 0 aliphatic heterocycles. The number of aliphatic imine (C=N–C) groups is 1. The highest BCUT2D eigenvalue weighted by molar-refractivity contribution is 5.88. The molecule has 1 heterocycles. The van der Waals surface area contributed by atoms with Crippen LogP contribution in [0, 0.1) is 0 Å². The van der Waals surface area contributed by atoms with E-state index in [2.05, 4.69) is 87.1 Å². The van der Waals surface area contributed by atoms with Gasteiger partial charge < -0.3 is 0 Å². The molecule has 3 aromatic carbocycles. The zero-order valence-corrected chi connectivity index (χ0v) is 13.3. The van der Waals surface area contributed by atoms with Crippen LogP contribution >= 0.6 is 0 Å². The molecular weight excluding hydrogens is 296 g/mol. The van der Waals surface area contributed by atoms with E-state index in [4.69, 9.17) is 0 Å². The molecule has 0 saturated heterocycles. The van der Waals surface area contributed by atoms with Crippen molar-refractivity contribution in [1.82, 2.24) is 15.4 Å². The van der Waals surface area contributed by atoms with Crippen molar-refractivity contribution < 1.29 is 0 Å². The van der Waals surface area contributed by atoms with Crippen LogP contribution in [-0.4, -0.2) is 28.7 Å². The van der Waals surface area contributed by atoms with E-state index in [0.29, 0.717) is 0 Å². The molecule has 0 saturated carbocycles. The SMILES string of the molecule is C/N=C/c1[nH]nnc1-c1ccc(-c2ccc3ccccc3c2)cc1. The Kier molecular flexibility index (Phi) is 3.63. The number of rotatable bonds is 3. The van der Waals surface area contributed by atoms with E-state index in [1.54, 1.807) is 13.3 Å². The predicted molar refractivity (Wildman–Crippen MR) is 98.3 cm³/mol. The van der Waals surface area contributed by atoms with Crippen molar-refractivity contribution in [2.45, 2.75) is 0 Å². The van der Waals surface area contributed by atoms with Crippen molar-refractivity contribution in [2.24, 2.45) is 4.99 Å². The van der Waals surface area contributed by atoms with Crippen molar-refractivity contribution in [2.75, 3.05) is 7.05 Å². The first-order valence-electron chi connectivity index (χ1n) is 7.78. The molecule has 4 rings (SSSR count). The smallest absolute Gasteiger partial charge is 0.121 e. The number of hydrogen-bond donors (Lipinski definition) is 1. The third kappa shape index (κ3) is 2.58. The normalized spacial score (nSPS) is 11.4. The molecule has 24 heavy (non-hydrogen) atoms. The first-order chi connectivity index (χ1) is 11.8. The van der Waals surface area contributed by atoms with Crippen LogP contribution in [0.1, 0.15) is 5.69 Å². The molecule has 1 N–H and O–H groups in total. The van der Waals surface area contributed by atoms with Crippen molar-refractivity contribution in [1.29, 1.82) is 0 Å². The highest BCUT2D eigenvalue weighted by Crippen LogP contribution is 2.27. The summed E-state index contributed by atoms with van der Waals surface area (Å²) < 4.78 is 0. The van der Waals surface area contributed by atoms with E-state index in [9.17, 15) is 0 Å². The Balaban J connectivity index is 1.71. The van der Waals surface area contributed by atoms with Crippen LogP contribution in [0.15, 0.2) is 71.7 Å². The highest BCUT2D eigenvalue weighted by Gasteiger charge is 2.08. The molecule has 0 fully saturated rings. The number of nitrogens with zero attached hydrogens (tertiary/aromatic N) is 3. The summed E-state index contributed by atoms with van der Waals surface area (Å²) in [6.07, 6.45) is 1.73. The maximum atomic E-state index is 4.15. The molecule has 0 aliphatic carbocycles. The van der Waals surface area contributed by atoms with Gasteiger partial charge in [-0.1, -0.05) is 65.9 Å². The molecular formula is C20H16N4. The fourth-order valence-corrected chi connectivity index (χ4v) is 2.86. The van der Waals surface area contributed by atoms with Gasteiger partial charge in [-0.3, -0.25) is 10.1 Å². The van der Waals surface area contributed by atoms with Crippen molar-refractivity contribution in [3.8, 4) is 22.4 Å². The maximum Gasteiger partial charge on any atom is 0.121 e. The Morgan fingerprint density at radius 1 is 0.833 bits per heavy atom.